The molecular formula is C16H22N2O2. The van der Waals surface area contributed by atoms with Gasteiger partial charge in [-0.2, -0.15) is 0 Å². The maximum Gasteiger partial charge on any atom is 0.251 e. The number of aryl methyl sites for hydroxylation is 1. The summed E-state index contributed by atoms with van der Waals surface area (Å²) in [5.41, 5.74) is 2.81. The smallest absolute Gasteiger partial charge is 0.251 e. The zero-order chi connectivity index (χ0) is 14.4. The molecule has 4 nitrogen and oxygen atoms in total. The maximum atomic E-state index is 11.8. The fraction of sp³-hybridized carbons (Fsp3) is 0.438. The zero-order valence-electron chi connectivity index (χ0n) is 12.1. The van der Waals surface area contributed by atoms with Crippen molar-refractivity contribution in [1.82, 2.24) is 5.32 Å². The Morgan fingerprint density at radius 1 is 1.45 bits per heavy atom. The number of allylic oxidation sites excluding steroid dienone is 1. The Balaban J connectivity index is 2.00. The van der Waals surface area contributed by atoms with Crippen LogP contribution in [-0.2, 0) is 4.74 Å². The van der Waals surface area contributed by atoms with Gasteiger partial charge < -0.3 is 15.4 Å². The van der Waals surface area contributed by atoms with Gasteiger partial charge in [-0.3, -0.25) is 4.79 Å². The largest absolute Gasteiger partial charge is 0.497 e. The number of amides is 1. The fourth-order valence-electron chi connectivity index (χ4n) is 2.18. The minimum Gasteiger partial charge on any atom is -0.497 e. The minimum atomic E-state index is -0.0348. The Hall–Kier alpha value is -1.97. The molecule has 0 aliphatic carbocycles. The van der Waals surface area contributed by atoms with Crippen LogP contribution in [0, 0.1) is 6.92 Å². The number of ether oxygens (including phenoxy) is 1. The lowest BCUT2D eigenvalue weighted by Crippen LogP contribution is -2.24. The first kappa shape index (κ1) is 14.4. The Kier molecular flexibility index (Phi) is 5.04. The Morgan fingerprint density at radius 2 is 2.30 bits per heavy atom. The molecule has 0 fully saturated rings. The lowest BCUT2D eigenvalue weighted by molar-refractivity contribution is 0.0956. The zero-order valence-corrected chi connectivity index (χ0v) is 12.1. The van der Waals surface area contributed by atoms with E-state index in [1.165, 1.54) is 0 Å². The number of carbonyl (C=O) groups is 1. The molecule has 0 saturated carbocycles. The van der Waals surface area contributed by atoms with Crippen LogP contribution in [0.3, 0.4) is 0 Å². The summed E-state index contributed by atoms with van der Waals surface area (Å²) in [6.07, 6.45) is 6.10. The van der Waals surface area contributed by atoms with Gasteiger partial charge in [0.15, 0.2) is 0 Å². The Labute approximate surface area is 120 Å². The molecule has 108 valence electrons. The van der Waals surface area contributed by atoms with Crippen LogP contribution >= 0.6 is 0 Å². The molecule has 1 aromatic rings. The SMILES string of the molecule is CCNC(=O)c1ccc(C)c(NCC2CCC=CO2)c1. The van der Waals surface area contributed by atoms with Crippen LogP contribution in [0.15, 0.2) is 30.5 Å². The van der Waals surface area contributed by atoms with Crippen molar-refractivity contribution in [1.29, 1.82) is 0 Å². The summed E-state index contributed by atoms with van der Waals surface area (Å²) in [7, 11) is 0. The van der Waals surface area contributed by atoms with Gasteiger partial charge in [-0.15, -0.1) is 0 Å². The van der Waals surface area contributed by atoms with Crippen LogP contribution in [-0.4, -0.2) is 25.1 Å². The van der Waals surface area contributed by atoms with E-state index >= 15 is 0 Å². The second-order valence-corrected chi connectivity index (χ2v) is 4.98. The molecule has 0 bridgehead atoms. The number of benzene rings is 1. The number of anilines is 1. The second-order valence-electron chi connectivity index (χ2n) is 4.98. The summed E-state index contributed by atoms with van der Waals surface area (Å²) in [6.45, 7) is 5.34. The van der Waals surface area contributed by atoms with Gasteiger partial charge in [0.05, 0.1) is 12.8 Å². The van der Waals surface area contributed by atoms with Gasteiger partial charge in [0.1, 0.15) is 6.10 Å². The summed E-state index contributed by atoms with van der Waals surface area (Å²) in [4.78, 5) is 11.8. The summed E-state index contributed by atoms with van der Waals surface area (Å²) in [5, 5.41) is 6.19. The highest BCUT2D eigenvalue weighted by Gasteiger charge is 2.12. The van der Waals surface area contributed by atoms with Gasteiger partial charge >= 0.3 is 0 Å². The van der Waals surface area contributed by atoms with Gasteiger partial charge in [-0.1, -0.05) is 6.07 Å². The number of nitrogens with one attached hydrogen (secondary N) is 2. The maximum absolute atomic E-state index is 11.8. The van der Waals surface area contributed by atoms with Crippen LogP contribution < -0.4 is 10.6 Å². The first-order valence-corrected chi connectivity index (χ1v) is 7.14. The van der Waals surface area contributed by atoms with Gasteiger partial charge in [-0.05, 0) is 50.5 Å². The third kappa shape index (κ3) is 3.76. The van der Waals surface area contributed by atoms with E-state index in [0.717, 1.165) is 30.6 Å². The average Bonchev–Trinajstić information content (AvgIpc) is 2.47. The molecule has 1 unspecified atom stereocenters. The minimum absolute atomic E-state index is 0.0348. The van der Waals surface area contributed by atoms with Crippen LogP contribution in [0.4, 0.5) is 5.69 Å². The van der Waals surface area contributed by atoms with Gasteiger partial charge in [0.2, 0.25) is 0 Å². The van der Waals surface area contributed by atoms with Crippen molar-refractivity contribution < 1.29 is 9.53 Å². The molecule has 0 aromatic heterocycles. The van der Waals surface area contributed by atoms with Crippen molar-refractivity contribution in [3.05, 3.63) is 41.7 Å². The number of hydrogen-bond acceptors (Lipinski definition) is 3. The predicted octanol–water partition coefficient (Wildman–Crippen LogP) is 2.85. The molecule has 2 rings (SSSR count). The molecular weight excluding hydrogens is 252 g/mol. The summed E-state index contributed by atoms with van der Waals surface area (Å²) in [5.74, 6) is -0.0348. The Morgan fingerprint density at radius 3 is 3.00 bits per heavy atom. The number of hydrogen-bond donors (Lipinski definition) is 2. The topological polar surface area (TPSA) is 50.4 Å². The molecule has 0 saturated heterocycles. The van der Waals surface area contributed by atoms with E-state index in [1.54, 1.807) is 6.26 Å². The van der Waals surface area contributed by atoms with Gasteiger partial charge in [0, 0.05) is 17.8 Å². The quantitative estimate of drug-likeness (QED) is 0.868. The van der Waals surface area contributed by atoms with E-state index in [1.807, 2.05) is 38.1 Å². The second kappa shape index (κ2) is 6.98. The molecule has 20 heavy (non-hydrogen) atoms. The van der Waals surface area contributed by atoms with Gasteiger partial charge in [0.25, 0.3) is 5.91 Å². The van der Waals surface area contributed by atoms with Crippen molar-refractivity contribution >= 4 is 11.6 Å². The molecule has 1 heterocycles. The standard InChI is InChI=1S/C16H22N2O2/c1-3-17-16(19)13-8-7-12(2)15(10-13)18-11-14-6-4-5-9-20-14/h5,7-10,14,18H,3-4,6,11H2,1-2H3,(H,17,19). The highest BCUT2D eigenvalue weighted by molar-refractivity contribution is 5.95. The first-order chi connectivity index (χ1) is 9.70. The molecule has 1 aliphatic rings. The lowest BCUT2D eigenvalue weighted by atomic mass is 10.1. The first-order valence-electron chi connectivity index (χ1n) is 7.14. The van der Waals surface area contributed by atoms with E-state index in [4.69, 9.17) is 4.74 Å². The van der Waals surface area contributed by atoms with Crippen LogP contribution in [0.5, 0.6) is 0 Å². The highest BCUT2D eigenvalue weighted by atomic mass is 16.5. The van der Waals surface area contributed by atoms with Crippen molar-refractivity contribution in [3.63, 3.8) is 0 Å². The third-order valence-electron chi connectivity index (χ3n) is 3.38. The highest BCUT2D eigenvalue weighted by Crippen LogP contribution is 2.18. The molecule has 4 heteroatoms. The molecule has 1 aromatic carbocycles. The van der Waals surface area contributed by atoms with Crippen LogP contribution in [0.1, 0.15) is 35.7 Å². The molecule has 1 atom stereocenters. The normalized spacial score (nSPS) is 17.4. The average molecular weight is 274 g/mol. The predicted molar refractivity (Wildman–Crippen MR) is 80.9 cm³/mol. The Bertz CT molecular complexity index is 497. The third-order valence-corrected chi connectivity index (χ3v) is 3.38. The summed E-state index contributed by atoms with van der Waals surface area (Å²) < 4.78 is 5.53. The summed E-state index contributed by atoms with van der Waals surface area (Å²) >= 11 is 0. The van der Waals surface area contributed by atoms with Crippen molar-refractivity contribution in [3.8, 4) is 0 Å². The molecule has 1 amide bonds. The van der Waals surface area contributed by atoms with E-state index in [0.29, 0.717) is 12.1 Å². The van der Waals surface area contributed by atoms with Crippen molar-refractivity contribution in [2.24, 2.45) is 0 Å². The van der Waals surface area contributed by atoms with E-state index in [-0.39, 0.29) is 12.0 Å². The van der Waals surface area contributed by atoms with Crippen LogP contribution in [0.2, 0.25) is 0 Å². The van der Waals surface area contributed by atoms with E-state index < -0.39 is 0 Å². The monoisotopic (exact) mass is 274 g/mol. The molecule has 0 radical (unpaired) electrons. The number of rotatable bonds is 5. The molecule has 2 N–H and O–H groups in total. The summed E-state index contributed by atoms with van der Waals surface area (Å²) in [6, 6.07) is 5.72. The number of carbonyl (C=O) groups excluding carboxylic acids is 1. The lowest BCUT2D eigenvalue weighted by Gasteiger charge is -2.21. The fourth-order valence-corrected chi connectivity index (χ4v) is 2.18. The molecule has 0 spiro atoms. The van der Waals surface area contributed by atoms with E-state index in [9.17, 15) is 4.79 Å². The van der Waals surface area contributed by atoms with Crippen molar-refractivity contribution in [2.45, 2.75) is 32.8 Å². The van der Waals surface area contributed by atoms with Gasteiger partial charge in [-0.25, -0.2) is 0 Å². The van der Waals surface area contributed by atoms with Crippen molar-refractivity contribution in [2.75, 3.05) is 18.4 Å². The molecule has 1 aliphatic heterocycles. The van der Waals surface area contributed by atoms with Crippen LogP contribution in [0.25, 0.3) is 0 Å². The van der Waals surface area contributed by atoms with E-state index in [2.05, 4.69) is 10.6 Å².